The molecule has 3 atom stereocenters. The summed E-state index contributed by atoms with van der Waals surface area (Å²) in [4.78, 5) is 0. The van der Waals surface area contributed by atoms with Crippen LogP contribution in [-0.4, -0.2) is 11.2 Å². The van der Waals surface area contributed by atoms with Crippen molar-refractivity contribution in [3.63, 3.8) is 0 Å². The van der Waals surface area contributed by atoms with Gasteiger partial charge >= 0.3 is 0 Å². The van der Waals surface area contributed by atoms with Crippen molar-refractivity contribution < 1.29 is 5.11 Å². The van der Waals surface area contributed by atoms with Crippen molar-refractivity contribution in [2.75, 3.05) is 0 Å². The Labute approximate surface area is 125 Å². The molecule has 0 aromatic heterocycles. The quantitative estimate of drug-likeness (QED) is 0.884. The third-order valence-corrected chi connectivity index (χ3v) is 4.96. The maximum atomic E-state index is 10.4. The Balaban J connectivity index is 1.62. The first-order valence-corrected chi connectivity index (χ1v) is 7.84. The minimum absolute atomic E-state index is 0.0673. The van der Waals surface area contributed by atoms with Crippen LogP contribution in [0.15, 0.2) is 42.5 Å². The highest BCUT2D eigenvalue weighted by molar-refractivity contribution is 5.40. The van der Waals surface area contributed by atoms with E-state index in [4.69, 9.17) is 0 Å². The molecule has 0 saturated carbocycles. The zero-order valence-corrected chi connectivity index (χ0v) is 12.3. The van der Waals surface area contributed by atoms with Crippen molar-refractivity contribution >= 4 is 0 Å². The lowest BCUT2D eigenvalue weighted by molar-refractivity contribution is 0.134. The molecule has 0 bridgehead atoms. The Hall–Kier alpha value is -1.64. The molecule has 2 aliphatic carbocycles. The summed E-state index contributed by atoms with van der Waals surface area (Å²) in [6.07, 6.45) is 2.72. The van der Waals surface area contributed by atoms with E-state index in [0.717, 1.165) is 19.3 Å². The molecule has 0 aliphatic heterocycles. The van der Waals surface area contributed by atoms with E-state index in [1.165, 1.54) is 27.8 Å². The molecule has 0 heterocycles. The third-order valence-electron chi connectivity index (χ3n) is 4.96. The fraction of sp³-hybridized carbons (Fsp3) is 0.368. The van der Waals surface area contributed by atoms with Gasteiger partial charge in [0.1, 0.15) is 0 Å². The van der Waals surface area contributed by atoms with Gasteiger partial charge in [0.15, 0.2) is 0 Å². The zero-order valence-electron chi connectivity index (χ0n) is 12.3. The maximum Gasteiger partial charge on any atom is 0.0775 e. The van der Waals surface area contributed by atoms with E-state index >= 15 is 0 Å². The summed E-state index contributed by atoms with van der Waals surface area (Å²) in [6, 6.07) is 15.6. The standard InChI is InChI=1S/C19H21NO/c1-12-6-7-13-8-9-17(16(13)10-12)20-19-15-5-3-2-4-14(15)11-18(19)21/h2-7,10,17-21H,8-9,11H2,1H3. The van der Waals surface area contributed by atoms with Gasteiger partial charge in [0.2, 0.25) is 0 Å². The fourth-order valence-corrected chi connectivity index (χ4v) is 3.89. The number of hydrogen-bond donors (Lipinski definition) is 2. The minimum atomic E-state index is -0.309. The molecule has 2 aromatic carbocycles. The largest absolute Gasteiger partial charge is 0.391 e. The molecular weight excluding hydrogens is 258 g/mol. The third kappa shape index (κ3) is 2.19. The SMILES string of the molecule is Cc1ccc2c(c1)C(NC1c3ccccc3CC1O)CC2. The Bertz CT molecular complexity index is 679. The molecule has 108 valence electrons. The average molecular weight is 279 g/mol. The smallest absolute Gasteiger partial charge is 0.0775 e. The second kappa shape index (κ2) is 4.97. The number of hydrogen-bond acceptors (Lipinski definition) is 2. The van der Waals surface area contributed by atoms with Gasteiger partial charge in [-0.1, -0.05) is 48.0 Å². The zero-order chi connectivity index (χ0) is 14.4. The van der Waals surface area contributed by atoms with Crippen molar-refractivity contribution in [2.45, 2.75) is 44.4 Å². The Morgan fingerprint density at radius 2 is 1.90 bits per heavy atom. The van der Waals surface area contributed by atoms with Crippen LogP contribution in [0.5, 0.6) is 0 Å². The van der Waals surface area contributed by atoms with E-state index < -0.39 is 0 Å². The van der Waals surface area contributed by atoms with Gasteiger partial charge in [-0.05, 0) is 42.0 Å². The molecule has 0 spiro atoms. The van der Waals surface area contributed by atoms with Crippen molar-refractivity contribution in [1.29, 1.82) is 0 Å². The first-order chi connectivity index (χ1) is 10.2. The second-order valence-corrected chi connectivity index (χ2v) is 6.41. The lowest BCUT2D eigenvalue weighted by Crippen LogP contribution is -2.31. The monoisotopic (exact) mass is 279 g/mol. The molecular formula is C19H21NO. The van der Waals surface area contributed by atoms with Crippen molar-refractivity contribution in [3.8, 4) is 0 Å². The van der Waals surface area contributed by atoms with Crippen molar-refractivity contribution in [1.82, 2.24) is 5.32 Å². The van der Waals surface area contributed by atoms with E-state index in [-0.39, 0.29) is 12.1 Å². The average Bonchev–Trinajstić information content (AvgIpc) is 3.01. The van der Waals surface area contributed by atoms with Crippen LogP contribution < -0.4 is 5.32 Å². The number of rotatable bonds is 2. The van der Waals surface area contributed by atoms with Gasteiger partial charge in [-0.25, -0.2) is 0 Å². The summed E-state index contributed by atoms with van der Waals surface area (Å²) in [5.74, 6) is 0. The second-order valence-electron chi connectivity index (χ2n) is 6.41. The first-order valence-electron chi connectivity index (χ1n) is 7.84. The lowest BCUT2D eigenvalue weighted by atomic mass is 10.0. The van der Waals surface area contributed by atoms with Gasteiger partial charge in [-0.15, -0.1) is 0 Å². The Morgan fingerprint density at radius 1 is 1.05 bits per heavy atom. The number of benzene rings is 2. The van der Waals surface area contributed by atoms with E-state index in [1.807, 2.05) is 0 Å². The molecule has 3 unspecified atom stereocenters. The van der Waals surface area contributed by atoms with Gasteiger partial charge in [-0.2, -0.15) is 0 Å². The molecule has 0 amide bonds. The molecule has 0 saturated heterocycles. The highest BCUT2D eigenvalue weighted by Crippen LogP contribution is 2.37. The van der Waals surface area contributed by atoms with Gasteiger partial charge in [0, 0.05) is 12.5 Å². The predicted molar refractivity (Wildman–Crippen MR) is 84.3 cm³/mol. The topological polar surface area (TPSA) is 32.3 Å². The van der Waals surface area contributed by atoms with E-state index in [9.17, 15) is 5.11 Å². The fourth-order valence-electron chi connectivity index (χ4n) is 3.89. The Kier molecular flexibility index (Phi) is 3.09. The molecule has 21 heavy (non-hydrogen) atoms. The van der Waals surface area contributed by atoms with Gasteiger partial charge < -0.3 is 10.4 Å². The maximum absolute atomic E-state index is 10.4. The molecule has 2 heteroatoms. The highest BCUT2D eigenvalue weighted by atomic mass is 16.3. The van der Waals surface area contributed by atoms with Crippen LogP contribution >= 0.6 is 0 Å². The number of fused-ring (bicyclic) bond motifs is 2. The van der Waals surface area contributed by atoms with Crippen LogP contribution in [-0.2, 0) is 12.8 Å². The first kappa shape index (κ1) is 13.1. The van der Waals surface area contributed by atoms with Gasteiger partial charge in [-0.3, -0.25) is 0 Å². The van der Waals surface area contributed by atoms with Crippen molar-refractivity contribution in [3.05, 3.63) is 70.3 Å². The molecule has 2 N–H and O–H groups in total. The number of aliphatic hydroxyl groups excluding tert-OH is 1. The minimum Gasteiger partial charge on any atom is -0.391 e. The van der Waals surface area contributed by atoms with Crippen LogP contribution in [0.2, 0.25) is 0 Å². The van der Waals surface area contributed by atoms with E-state index in [0.29, 0.717) is 6.04 Å². The molecule has 2 aromatic rings. The molecule has 2 aliphatic rings. The molecule has 4 rings (SSSR count). The lowest BCUT2D eigenvalue weighted by Gasteiger charge is -2.23. The van der Waals surface area contributed by atoms with E-state index in [2.05, 4.69) is 54.7 Å². The summed E-state index contributed by atoms with van der Waals surface area (Å²) in [7, 11) is 0. The molecule has 2 nitrogen and oxygen atoms in total. The van der Waals surface area contributed by atoms with Gasteiger partial charge in [0.05, 0.1) is 12.1 Å². The summed E-state index contributed by atoms with van der Waals surface area (Å²) >= 11 is 0. The summed E-state index contributed by atoms with van der Waals surface area (Å²) in [6.45, 7) is 2.15. The van der Waals surface area contributed by atoms with Crippen LogP contribution in [0, 0.1) is 6.92 Å². The van der Waals surface area contributed by atoms with Crippen LogP contribution in [0.3, 0.4) is 0 Å². The summed E-state index contributed by atoms with van der Waals surface area (Å²) < 4.78 is 0. The van der Waals surface area contributed by atoms with Crippen molar-refractivity contribution in [2.24, 2.45) is 0 Å². The van der Waals surface area contributed by atoms with Gasteiger partial charge in [0.25, 0.3) is 0 Å². The number of aryl methyl sites for hydroxylation is 2. The van der Waals surface area contributed by atoms with Crippen LogP contribution in [0.25, 0.3) is 0 Å². The van der Waals surface area contributed by atoms with E-state index in [1.54, 1.807) is 0 Å². The molecule has 0 fully saturated rings. The van der Waals surface area contributed by atoms with Crippen LogP contribution in [0.4, 0.5) is 0 Å². The normalized spacial score (nSPS) is 26.7. The summed E-state index contributed by atoms with van der Waals surface area (Å²) in [5.41, 5.74) is 6.75. The number of nitrogens with one attached hydrogen (secondary N) is 1. The molecule has 0 radical (unpaired) electrons. The summed E-state index contributed by atoms with van der Waals surface area (Å²) in [5, 5.41) is 14.1. The highest BCUT2D eigenvalue weighted by Gasteiger charge is 2.34. The van der Waals surface area contributed by atoms with Crippen LogP contribution in [0.1, 0.15) is 46.3 Å². The predicted octanol–water partition coefficient (Wildman–Crippen LogP) is 3.23. The Morgan fingerprint density at radius 3 is 2.81 bits per heavy atom. The number of aliphatic hydroxyl groups is 1.